The Morgan fingerprint density at radius 2 is 2.04 bits per heavy atom. The fourth-order valence-corrected chi connectivity index (χ4v) is 3.96. The first kappa shape index (κ1) is 17.1. The lowest BCUT2D eigenvalue weighted by molar-refractivity contribution is 0.0937. The van der Waals surface area contributed by atoms with Gasteiger partial charge in [-0.2, -0.15) is 0 Å². The lowest BCUT2D eigenvalue weighted by Crippen LogP contribution is -2.39. The van der Waals surface area contributed by atoms with E-state index in [0.717, 1.165) is 30.7 Å². The standard InChI is InChI=1S/C20H23ClN2O/c21-18-5-1-4-17(12-18)20(14-22)8-6-15(7-9-20)11-19(24)16-3-2-10-23-13-16/h1-5,10,12-13,15H,6-9,11,14,22H2. The lowest BCUT2D eigenvalue weighted by atomic mass is 9.66. The zero-order valence-electron chi connectivity index (χ0n) is 13.7. The van der Waals surface area contributed by atoms with Gasteiger partial charge in [0, 0.05) is 41.4 Å². The highest BCUT2D eigenvalue weighted by atomic mass is 35.5. The minimum absolute atomic E-state index is 0.00124. The molecule has 0 saturated heterocycles. The highest BCUT2D eigenvalue weighted by Gasteiger charge is 2.36. The van der Waals surface area contributed by atoms with Gasteiger partial charge >= 0.3 is 0 Å². The third-order valence-electron chi connectivity index (χ3n) is 5.35. The smallest absolute Gasteiger partial charge is 0.164 e. The quantitative estimate of drug-likeness (QED) is 0.819. The van der Waals surface area contributed by atoms with Crippen LogP contribution in [0.3, 0.4) is 0 Å². The average Bonchev–Trinajstić information content (AvgIpc) is 2.63. The number of aromatic nitrogens is 1. The summed E-state index contributed by atoms with van der Waals surface area (Å²) in [6, 6.07) is 11.7. The second-order valence-electron chi connectivity index (χ2n) is 6.81. The van der Waals surface area contributed by atoms with Crippen LogP contribution in [-0.4, -0.2) is 17.3 Å². The van der Waals surface area contributed by atoms with Gasteiger partial charge in [-0.05, 0) is 61.4 Å². The van der Waals surface area contributed by atoms with E-state index >= 15 is 0 Å². The van der Waals surface area contributed by atoms with Crippen molar-refractivity contribution in [1.29, 1.82) is 0 Å². The molecule has 0 bridgehead atoms. The van der Waals surface area contributed by atoms with Crippen LogP contribution in [0.1, 0.15) is 48.0 Å². The first-order chi connectivity index (χ1) is 11.6. The maximum absolute atomic E-state index is 12.4. The summed E-state index contributed by atoms with van der Waals surface area (Å²) >= 11 is 6.16. The summed E-state index contributed by atoms with van der Waals surface area (Å²) < 4.78 is 0. The number of nitrogens with two attached hydrogens (primary N) is 1. The van der Waals surface area contributed by atoms with Crippen LogP contribution in [0.4, 0.5) is 0 Å². The Hall–Kier alpha value is -1.71. The van der Waals surface area contributed by atoms with Gasteiger partial charge in [-0.1, -0.05) is 23.7 Å². The van der Waals surface area contributed by atoms with Crippen molar-refractivity contribution in [2.75, 3.05) is 6.54 Å². The van der Waals surface area contributed by atoms with Gasteiger partial charge in [0.1, 0.15) is 0 Å². The Morgan fingerprint density at radius 1 is 1.25 bits per heavy atom. The summed E-state index contributed by atoms with van der Waals surface area (Å²) in [6.45, 7) is 0.622. The topological polar surface area (TPSA) is 56.0 Å². The van der Waals surface area contributed by atoms with Crippen molar-refractivity contribution in [1.82, 2.24) is 4.98 Å². The molecule has 1 fully saturated rings. The Morgan fingerprint density at radius 3 is 2.67 bits per heavy atom. The SMILES string of the molecule is NCC1(c2cccc(Cl)c2)CCC(CC(=O)c2cccnc2)CC1. The number of carbonyl (C=O) groups is 1. The highest BCUT2D eigenvalue weighted by Crippen LogP contribution is 2.42. The molecule has 1 aromatic heterocycles. The van der Waals surface area contributed by atoms with Gasteiger partial charge in [-0.3, -0.25) is 9.78 Å². The van der Waals surface area contributed by atoms with Crippen molar-refractivity contribution in [3.63, 3.8) is 0 Å². The molecular formula is C20H23ClN2O. The van der Waals surface area contributed by atoms with Gasteiger partial charge in [-0.25, -0.2) is 0 Å². The fourth-order valence-electron chi connectivity index (χ4n) is 3.77. The minimum atomic E-state index is -0.00124. The third kappa shape index (κ3) is 3.68. The summed E-state index contributed by atoms with van der Waals surface area (Å²) in [7, 11) is 0. The number of rotatable bonds is 5. The van der Waals surface area contributed by atoms with Crippen molar-refractivity contribution < 1.29 is 4.79 Å². The monoisotopic (exact) mass is 342 g/mol. The fraction of sp³-hybridized carbons (Fsp3) is 0.400. The average molecular weight is 343 g/mol. The van der Waals surface area contributed by atoms with Crippen LogP contribution in [0.15, 0.2) is 48.8 Å². The molecule has 0 unspecified atom stereocenters. The zero-order valence-corrected chi connectivity index (χ0v) is 14.5. The maximum Gasteiger partial charge on any atom is 0.164 e. The molecule has 0 radical (unpaired) electrons. The zero-order chi connectivity index (χ0) is 17.0. The van der Waals surface area contributed by atoms with Crippen molar-refractivity contribution in [2.24, 2.45) is 11.7 Å². The molecule has 126 valence electrons. The molecule has 0 atom stereocenters. The Bertz CT molecular complexity index is 694. The van der Waals surface area contributed by atoms with E-state index in [2.05, 4.69) is 11.1 Å². The summed E-state index contributed by atoms with van der Waals surface area (Å²) in [4.78, 5) is 16.4. The number of ketones is 1. The van der Waals surface area contributed by atoms with E-state index < -0.39 is 0 Å². The minimum Gasteiger partial charge on any atom is -0.330 e. The predicted molar refractivity (Wildman–Crippen MR) is 97.3 cm³/mol. The van der Waals surface area contributed by atoms with Gasteiger partial charge in [-0.15, -0.1) is 0 Å². The predicted octanol–water partition coefficient (Wildman–Crippen LogP) is 4.39. The van der Waals surface area contributed by atoms with E-state index in [-0.39, 0.29) is 11.2 Å². The number of nitrogens with zero attached hydrogens (tertiary/aromatic N) is 1. The van der Waals surface area contributed by atoms with Crippen LogP contribution in [0.2, 0.25) is 5.02 Å². The molecule has 1 aliphatic rings. The van der Waals surface area contributed by atoms with Crippen LogP contribution >= 0.6 is 11.6 Å². The summed E-state index contributed by atoms with van der Waals surface area (Å²) in [6.07, 6.45) is 8.01. The van der Waals surface area contributed by atoms with Crippen molar-refractivity contribution >= 4 is 17.4 Å². The first-order valence-corrected chi connectivity index (χ1v) is 8.90. The highest BCUT2D eigenvalue weighted by molar-refractivity contribution is 6.30. The molecule has 4 heteroatoms. The van der Waals surface area contributed by atoms with Crippen molar-refractivity contribution in [2.45, 2.75) is 37.5 Å². The third-order valence-corrected chi connectivity index (χ3v) is 5.58. The van der Waals surface area contributed by atoms with E-state index in [1.54, 1.807) is 12.4 Å². The Kier molecular flexibility index (Phi) is 5.32. The molecule has 24 heavy (non-hydrogen) atoms. The van der Waals surface area contributed by atoms with Gasteiger partial charge < -0.3 is 5.73 Å². The van der Waals surface area contributed by atoms with E-state index in [1.807, 2.05) is 30.3 Å². The maximum atomic E-state index is 12.4. The van der Waals surface area contributed by atoms with E-state index in [4.69, 9.17) is 17.3 Å². The van der Waals surface area contributed by atoms with Gasteiger partial charge in [0.25, 0.3) is 0 Å². The van der Waals surface area contributed by atoms with Crippen LogP contribution < -0.4 is 5.73 Å². The summed E-state index contributed by atoms with van der Waals surface area (Å²) in [5.41, 5.74) is 8.08. The largest absolute Gasteiger partial charge is 0.330 e. The van der Waals surface area contributed by atoms with Crippen LogP contribution in [0.25, 0.3) is 0 Å². The van der Waals surface area contributed by atoms with Gasteiger partial charge in [0.15, 0.2) is 5.78 Å². The van der Waals surface area contributed by atoms with Crippen molar-refractivity contribution in [3.05, 3.63) is 64.9 Å². The lowest BCUT2D eigenvalue weighted by Gasteiger charge is -2.40. The number of benzene rings is 1. The molecule has 1 saturated carbocycles. The summed E-state index contributed by atoms with van der Waals surface area (Å²) in [5, 5.41) is 0.759. The Balaban J connectivity index is 1.65. The number of carbonyl (C=O) groups excluding carboxylic acids is 1. The summed E-state index contributed by atoms with van der Waals surface area (Å²) in [5.74, 6) is 0.618. The van der Waals surface area contributed by atoms with Gasteiger partial charge in [0.05, 0.1) is 0 Å². The molecule has 1 heterocycles. The van der Waals surface area contributed by atoms with Crippen LogP contribution in [0, 0.1) is 5.92 Å². The van der Waals surface area contributed by atoms with E-state index in [9.17, 15) is 4.79 Å². The van der Waals surface area contributed by atoms with E-state index in [1.165, 1.54) is 5.56 Å². The molecule has 1 aromatic carbocycles. The molecule has 0 amide bonds. The molecule has 3 nitrogen and oxygen atoms in total. The number of hydrogen-bond donors (Lipinski definition) is 1. The normalized spacial score (nSPS) is 23.8. The molecule has 3 rings (SSSR count). The second kappa shape index (κ2) is 7.45. The van der Waals surface area contributed by atoms with Crippen LogP contribution in [-0.2, 0) is 5.41 Å². The first-order valence-electron chi connectivity index (χ1n) is 8.52. The molecule has 0 spiro atoms. The molecule has 0 aliphatic heterocycles. The van der Waals surface area contributed by atoms with Crippen molar-refractivity contribution in [3.8, 4) is 0 Å². The van der Waals surface area contributed by atoms with E-state index in [0.29, 0.717) is 24.4 Å². The van der Waals surface area contributed by atoms with Gasteiger partial charge in [0.2, 0.25) is 0 Å². The number of halogens is 1. The number of Topliss-reactive ketones (excluding diaryl/α,β-unsaturated/α-hetero) is 1. The molecule has 2 aromatic rings. The molecule has 2 N–H and O–H groups in total. The molecule has 1 aliphatic carbocycles. The van der Waals surface area contributed by atoms with Crippen LogP contribution in [0.5, 0.6) is 0 Å². The Labute approximate surface area is 148 Å². The second-order valence-corrected chi connectivity index (χ2v) is 7.24. The number of hydrogen-bond acceptors (Lipinski definition) is 3. The number of pyridine rings is 1. The molecular weight excluding hydrogens is 320 g/mol.